The van der Waals surface area contributed by atoms with E-state index in [0.29, 0.717) is 6.61 Å². The summed E-state index contributed by atoms with van der Waals surface area (Å²) >= 11 is 0. The van der Waals surface area contributed by atoms with Gasteiger partial charge in [0, 0.05) is 7.85 Å². The molecule has 1 aliphatic heterocycles. The average Bonchev–Trinajstić information content (AvgIpc) is 2.04. The van der Waals surface area contributed by atoms with Crippen LogP contribution < -0.4 is 5.84 Å². The molecule has 1 aliphatic rings. The molecule has 0 bridgehead atoms. The lowest BCUT2D eigenvalue weighted by Gasteiger charge is -2.37. The molecule has 1 fully saturated rings. The van der Waals surface area contributed by atoms with Crippen molar-refractivity contribution >= 4 is 6.09 Å². The minimum absolute atomic E-state index is 0. The molecule has 74 valence electrons. The van der Waals surface area contributed by atoms with Crippen LogP contribution in [0.3, 0.4) is 0 Å². The van der Waals surface area contributed by atoms with E-state index in [0.717, 1.165) is 11.4 Å². The number of rotatable bonds is 0. The van der Waals surface area contributed by atoms with Gasteiger partial charge in [-0.25, -0.2) is 15.6 Å². The monoisotopic (exact) mass is 176 g/mol. The highest BCUT2D eigenvalue weighted by atomic mass is 16.6. The molecular weight excluding hydrogens is 156 g/mol. The number of nitrogens with zero attached hydrogens (tertiary/aromatic N) is 1. The predicted molar refractivity (Wildman–Crippen MR) is 49.5 cm³/mol. The van der Waals surface area contributed by atoms with Crippen LogP contribution in [-0.2, 0) is 4.74 Å². The molecule has 0 aliphatic carbocycles. The lowest BCUT2D eigenvalue weighted by molar-refractivity contribution is 0.0107. The van der Waals surface area contributed by atoms with E-state index in [1.807, 2.05) is 27.7 Å². The molecule has 4 heteroatoms. The zero-order valence-electron chi connectivity index (χ0n) is 8.26. The summed E-state index contributed by atoms with van der Waals surface area (Å²) in [6.07, 6.45) is 0.353. The Bertz CT molecular complexity index is 162. The van der Waals surface area contributed by atoms with Gasteiger partial charge in [-0.05, 0) is 13.8 Å². The first-order chi connectivity index (χ1) is 5.54. The third kappa shape index (κ3) is 2.37. The van der Waals surface area contributed by atoms with Crippen LogP contribution in [0.25, 0.3) is 0 Å². The molecule has 0 radical (unpaired) electrons. The summed E-state index contributed by atoms with van der Waals surface area (Å²) in [6, 6.07) is 0. The Morgan fingerprint density at radius 1 is 1.58 bits per heavy atom. The molecule has 0 aromatic heterocycles. The van der Waals surface area contributed by atoms with E-state index in [2.05, 4.69) is 4.74 Å². The second-order valence-corrected chi connectivity index (χ2v) is 3.05. The lowest BCUT2D eigenvalue weighted by atomic mass is 10.00. The van der Waals surface area contributed by atoms with Crippen molar-refractivity contribution in [3.63, 3.8) is 0 Å². The van der Waals surface area contributed by atoms with E-state index < -0.39 is 6.09 Å². The maximum absolute atomic E-state index is 10.8. The second kappa shape index (κ2) is 4.30. The lowest BCUT2D eigenvalue weighted by Crippen LogP contribution is -2.56. The Morgan fingerprint density at radius 2 is 2.08 bits per heavy atom. The van der Waals surface area contributed by atoms with Crippen molar-refractivity contribution in [1.82, 2.24) is 5.01 Å². The van der Waals surface area contributed by atoms with Crippen LogP contribution in [0, 0.1) is 0 Å². The molecule has 1 saturated heterocycles. The molecule has 4 nitrogen and oxygen atoms in total. The number of carbonyl (C=O) groups is 1. The van der Waals surface area contributed by atoms with Crippen molar-refractivity contribution in [3.05, 3.63) is 0 Å². The van der Waals surface area contributed by atoms with Crippen molar-refractivity contribution < 1.29 is 11.0 Å². The Morgan fingerprint density at radius 3 is 2.42 bits per heavy atom. The maximum Gasteiger partial charge on any atom is 0.424 e. The fourth-order valence-electron chi connectivity index (χ4n) is 0.825. The van der Waals surface area contributed by atoms with E-state index in [9.17, 15) is 4.79 Å². The molecule has 0 atom stereocenters. The van der Waals surface area contributed by atoms with Gasteiger partial charge in [-0.15, -0.1) is 0 Å². The molecule has 1 rings (SSSR count). The van der Waals surface area contributed by atoms with Crippen LogP contribution in [0.1, 0.15) is 35.5 Å². The number of nitrogens with two attached hydrogens (primary N) is 1. The Balaban J connectivity index is 0. The van der Waals surface area contributed by atoms with Gasteiger partial charge in [-0.3, -0.25) is 0 Å². The van der Waals surface area contributed by atoms with Gasteiger partial charge in [0.2, 0.25) is 0 Å². The summed E-state index contributed by atoms with van der Waals surface area (Å²) in [5.74, 6) is 5.41. The Kier molecular flexibility index (Phi) is 4.03. The highest BCUT2D eigenvalue weighted by molar-refractivity contribution is 5.68. The van der Waals surface area contributed by atoms with Gasteiger partial charge in [0.25, 0.3) is 0 Å². The van der Waals surface area contributed by atoms with Gasteiger partial charge >= 0.3 is 6.09 Å². The number of hydrogen-bond acceptors (Lipinski definition) is 3. The number of cyclic esters (lactones) is 1. The minimum Gasteiger partial charge on any atom is -0.448 e. The number of hydrogen-bond donors (Lipinski definition) is 1. The number of carbonyl (C=O) groups excluding carboxylic acids is 1. The first kappa shape index (κ1) is 11.2. The van der Waals surface area contributed by atoms with E-state index in [1.54, 1.807) is 0 Å². The largest absolute Gasteiger partial charge is 0.448 e. The van der Waals surface area contributed by atoms with Crippen LogP contribution in [-0.4, -0.2) is 23.2 Å². The molecule has 1 heterocycles. The first-order valence-electron chi connectivity index (χ1n) is 4.26. The molecule has 2 N–H and O–H groups in total. The Labute approximate surface area is 75.1 Å². The fourth-order valence-corrected chi connectivity index (χ4v) is 0.825. The molecular formula is C8H20N2O2. The van der Waals surface area contributed by atoms with Crippen molar-refractivity contribution in [1.29, 1.82) is 0 Å². The van der Waals surface area contributed by atoms with Crippen LogP contribution in [0.4, 0.5) is 4.79 Å². The number of hydrazine groups is 1. The summed E-state index contributed by atoms with van der Waals surface area (Å²) in [6.45, 7) is 8.29. The smallest absolute Gasteiger partial charge is 0.424 e. The molecule has 1 amide bonds. The normalized spacial score (nSPS) is 20.8. The Hall–Kier alpha value is -0.770. The first-order valence-corrected chi connectivity index (χ1v) is 4.26. The zero-order valence-corrected chi connectivity index (χ0v) is 8.26. The fraction of sp³-hybridized carbons (Fsp3) is 0.875. The van der Waals surface area contributed by atoms with Gasteiger partial charge in [0.15, 0.2) is 0 Å². The van der Waals surface area contributed by atoms with Crippen molar-refractivity contribution in [2.45, 2.75) is 39.7 Å². The van der Waals surface area contributed by atoms with Gasteiger partial charge in [0.1, 0.15) is 0 Å². The van der Waals surface area contributed by atoms with Gasteiger partial charge in [0.05, 0.1) is 12.1 Å². The summed E-state index contributed by atoms with van der Waals surface area (Å²) in [7, 11) is 0. The van der Waals surface area contributed by atoms with Crippen LogP contribution in [0.2, 0.25) is 0 Å². The summed E-state index contributed by atoms with van der Waals surface area (Å²) in [5, 5.41) is 1.14. The molecule has 12 heavy (non-hydrogen) atoms. The summed E-state index contributed by atoms with van der Waals surface area (Å²) < 4.78 is 4.69. The van der Waals surface area contributed by atoms with E-state index in [-0.39, 0.29) is 6.97 Å². The van der Waals surface area contributed by atoms with Crippen LogP contribution in [0.15, 0.2) is 0 Å². The topological polar surface area (TPSA) is 55.6 Å². The van der Waals surface area contributed by atoms with Gasteiger partial charge < -0.3 is 4.74 Å². The summed E-state index contributed by atoms with van der Waals surface area (Å²) in [5.41, 5.74) is -0.255. The molecule has 0 aromatic rings. The highest BCUT2D eigenvalue weighted by Crippen LogP contribution is 2.20. The zero-order chi connectivity index (χ0) is 9.78. The molecule has 0 aromatic carbocycles. The number of amides is 1. The van der Waals surface area contributed by atoms with E-state index >= 15 is 0 Å². The van der Waals surface area contributed by atoms with Crippen LogP contribution >= 0.6 is 0 Å². The van der Waals surface area contributed by atoms with E-state index in [1.165, 1.54) is 0 Å². The van der Waals surface area contributed by atoms with E-state index in [4.69, 9.17) is 5.84 Å². The summed E-state index contributed by atoms with van der Waals surface area (Å²) in [4.78, 5) is 10.8. The SMILES string of the molecule is CC.CC1(C)CCOC(=O)N1N.[HH]. The van der Waals surface area contributed by atoms with Crippen molar-refractivity contribution in [2.75, 3.05) is 6.61 Å². The maximum atomic E-state index is 10.8. The van der Waals surface area contributed by atoms with Crippen molar-refractivity contribution in [3.8, 4) is 0 Å². The third-order valence-corrected chi connectivity index (χ3v) is 1.79. The average molecular weight is 176 g/mol. The standard InChI is InChI=1S/C6H12N2O2.C2H6.H2/c1-6(2)3-4-10-5(9)8(6)7;1-2;/h3-4,7H2,1-2H3;1-2H3;1H. The van der Waals surface area contributed by atoms with Crippen molar-refractivity contribution in [2.24, 2.45) is 5.84 Å². The minimum atomic E-state index is -0.434. The highest BCUT2D eigenvalue weighted by Gasteiger charge is 2.33. The predicted octanol–water partition coefficient (Wildman–Crippen LogP) is 1.75. The molecule has 0 spiro atoms. The molecule has 0 unspecified atom stereocenters. The molecule has 0 saturated carbocycles. The van der Waals surface area contributed by atoms with Crippen LogP contribution in [0.5, 0.6) is 0 Å². The second-order valence-electron chi connectivity index (χ2n) is 3.05. The quantitative estimate of drug-likeness (QED) is 0.452. The van der Waals surface area contributed by atoms with Gasteiger partial charge in [-0.2, -0.15) is 0 Å². The number of ether oxygens (including phenoxy) is 1. The van der Waals surface area contributed by atoms with Gasteiger partial charge in [-0.1, -0.05) is 13.8 Å². The third-order valence-electron chi connectivity index (χ3n) is 1.79.